The standard InChI is InChI=1S/C27H26N6O5/c1-17(34)24(27(37)33-38)32-25(35)20-10-6-18(7-11-20)4-2-3-5-19-8-12-21(13-9-19)31-26(36)23(28)14-22-15-29-16-30-22/h6-13,15-17,23-24,34,38H,14,28H2,1H3,(H,29,30)(H,31,36)(H,32,35)(H,33,37)/t17-,23+,24+/m1/s1. The van der Waals surface area contributed by atoms with Crippen LogP contribution in [0, 0.1) is 23.7 Å². The number of hydrogen-bond donors (Lipinski definition) is 7. The molecule has 3 rings (SSSR count). The van der Waals surface area contributed by atoms with Crippen molar-refractivity contribution >= 4 is 23.4 Å². The molecular weight excluding hydrogens is 488 g/mol. The van der Waals surface area contributed by atoms with Crippen LogP contribution in [0.15, 0.2) is 61.1 Å². The van der Waals surface area contributed by atoms with Gasteiger partial charge in [0.25, 0.3) is 11.8 Å². The molecule has 0 fully saturated rings. The second-order valence-corrected chi connectivity index (χ2v) is 8.18. The van der Waals surface area contributed by atoms with Gasteiger partial charge in [-0.15, -0.1) is 0 Å². The predicted octanol–water partition coefficient (Wildman–Crippen LogP) is 0.306. The van der Waals surface area contributed by atoms with Crippen molar-refractivity contribution in [1.82, 2.24) is 20.8 Å². The summed E-state index contributed by atoms with van der Waals surface area (Å²) >= 11 is 0. The number of amides is 3. The highest BCUT2D eigenvalue weighted by molar-refractivity contribution is 5.97. The molecule has 1 aromatic heterocycles. The SMILES string of the molecule is C[C@@H](O)[C@H](NC(=O)c1ccc(C#CC#Cc2ccc(NC(=O)[C@@H](N)Cc3c[nH]cn3)cc2)cc1)C(=O)NO. The van der Waals surface area contributed by atoms with Gasteiger partial charge in [0.2, 0.25) is 5.91 Å². The molecule has 11 heteroatoms. The summed E-state index contributed by atoms with van der Waals surface area (Å²) in [6, 6.07) is 11.1. The summed E-state index contributed by atoms with van der Waals surface area (Å²) in [5.41, 5.74) is 10.2. The number of nitrogens with two attached hydrogens (primary N) is 1. The second kappa shape index (κ2) is 13.4. The Kier molecular flexibility index (Phi) is 9.74. The Hall–Kier alpha value is -4.94. The Morgan fingerprint density at radius 2 is 1.61 bits per heavy atom. The van der Waals surface area contributed by atoms with E-state index < -0.39 is 30.0 Å². The van der Waals surface area contributed by atoms with Crippen molar-refractivity contribution < 1.29 is 24.7 Å². The third-order valence-electron chi connectivity index (χ3n) is 5.26. The molecule has 3 amide bonds. The zero-order valence-corrected chi connectivity index (χ0v) is 20.4. The number of aliphatic hydroxyl groups excluding tert-OH is 1. The maximum Gasteiger partial charge on any atom is 0.268 e. The van der Waals surface area contributed by atoms with Crippen LogP contribution in [0.1, 0.15) is 34.1 Å². The molecule has 0 unspecified atom stereocenters. The minimum absolute atomic E-state index is 0.243. The maximum absolute atomic E-state index is 12.3. The zero-order valence-electron chi connectivity index (χ0n) is 20.4. The first-order valence-electron chi connectivity index (χ1n) is 11.5. The Balaban J connectivity index is 1.53. The molecule has 0 radical (unpaired) electrons. The van der Waals surface area contributed by atoms with Gasteiger partial charge in [-0.05, 0) is 67.3 Å². The Labute approximate surface area is 218 Å². The smallest absolute Gasteiger partial charge is 0.268 e. The number of nitrogens with one attached hydrogen (secondary N) is 4. The van der Waals surface area contributed by atoms with Gasteiger partial charge < -0.3 is 26.5 Å². The van der Waals surface area contributed by atoms with E-state index in [1.54, 1.807) is 42.6 Å². The number of aromatic nitrogens is 2. The summed E-state index contributed by atoms with van der Waals surface area (Å²) in [5, 5.41) is 23.5. The largest absolute Gasteiger partial charge is 0.391 e. The van der Waals surface area contributed by atoms with Gasteiger partial charge >= 0.3 is 0 Å². The lowest BCUT2D eigenvalue weighted by molar-refractivity contribution is -0.133. The minimum atomic E-state index is -1.31. The van der Waals surface area contributed by atoms with E-state index in [0.717, 1.165) is 0 Å². The van der Waals surface area contributed by atoms with Crippen LogP contribution in [0.5, 0.6) is 0 Å². The Morgan fingerprint density at radius 3 is 2.13 bits per heavy atom. The highest BCUT2D eigenvalue weighted by Gasteiger charge is 2.25. The highest BCUT2D eigenvalue weighted by Crippen LogP contribution is 2.10. The minimum Gasteiger partial charge on any atom is -0.391 e. The summed E-state index contributed by atoms with van der Waals surface area (Å²) in [6.07, 6.45) is 2.33. The van der Waals surface area contributed by atoms with Crippen LogP contribution < -0.4 is 21.8 Å². The molecule has 38 heavy (non-hydrogen) atoms. The summed E-state index contributed by atoms with van der Waals surface area (Å²) in [7, 11) is 0. The van der Waals surface area contributed by atoms with Crippen LogP contribution in [0.2, 0.25) is 0 Å². The molecule has 0 spiro atoms. The van der Waals surface area contributed by atoms with Gasteiger partial charge in [0, 0.05) is 35.0 Å². The van der Waals surface area contributed by atoms with E-state index in [4.69, 9.17) is 10.9 Å². The van der Waals surface area contributed by atoms with Gasteiger partial charge in [-0.1, -0.05) is 11.8 Å². The number of aliphatic hydroxyl groups is 1. The molecule has 194 valence electrons. The number of benzene rings is 2. The van der Waals surface area contributed by atoms with E-state index in [-0.39, 0.29) is 11.5 Å². The number of carbonyl (C=O) groups is 3. The molecule has 3 atom stereocenters. The van der Waals surface area contributed by atoms with E-state index in [1.807, 2.05) is 0 Å². The maximum atomic E-state index is 12.3. The van der Waals surface area contributed by atoms with Crippen molar-refractivity contribution in [3.05, 3.63) is 83.4 Å². The van der Waals surface area contributed by atoms with Crippen LogP contribution in [0.4, 0.5) is 5.69 Å². The van der Waals surface area contributed by atoms with E-state index in [2.05, 4.69) is 44.3 Å². The number of carbonyl (C=O) groups excluding carboxylic acids is 3. The number of anilines is 1. The van der Waals surface area contributed by atoms with Crippen LogP contribution in [0.3, 0.4) is 0 Å². The molecular formula is C27H26N6O5. The van der Waals surface area contributed by atoms with Crippen molar-refractivity contribution in [3.8, 4) is 23.7 Å². The number of imidazole rings is 1. The predicted molar refractivity (Wildman–Crippen MR) is 138 cm³/mol. The lowest BCUT2D eigenvalue weighted by Crippen LogP contribution is -2.51. The van der Waals surface area contributed by atoms with Gasteiger partial charge in [-0.3, -0.25) is 19.6 Å². The van der Waals surface area contributed by atoms with Crippen molar-refractivity contribution in [2.75, 3.05) is 5.32 Å². The quantitative estimate of drug-likeness (QED) is 0.128. The first-order chi connectivity index (χ1) is 18.3. The molecule has 3 aromatic rings. The second-order valence-electron chi connectivity index (χ2n) is 8.18. The third-order valence-corrected chi connectivity index (χ3v) is 5.26. The average Bonchev–Trinajstić information content (AvgIpc) is 3.43. The van der Waals surface area contributed by atoms with E-state index in [1.165, 1.54) is 30.9 Å². The number of hydrogen-bond acceptors (Lipinski definition) is 7. The molecule has 0 bridgehead atoms. The average molecular weight is 515 g/mol. The van der Waals surface area contributed by atoms with E-state index >= 15 is 0 Å². The molecule has 2 aromatic carbocycles. The van der Waals surface area contributed by atoms with Gasteiger partial charge in [0.05, 0.1) is 24.2 Å². The van der Waals surface area contributed by atoms with Crippen LogP contribution in [-0.4, -0.2) is 56.2 Å². The molecule has 0 aliphatic heterocycles. The first kappa shape index (κ1) is 27.6. The Bertz CT molecular complexity index is 1380. The van der Waals surface area contributed by atoms with Gasteiger partial charge in [-0.2, -0.15) is 0 Å². The normalized spacial score (nSPS) is 12.4. The monoisotopic (exact) mass is 514 g/mol. The lowest BCUT2D eigenvalue weighted by atomic mass is 10.1. The topological polar surface area (TPSA) is 182 Å². The third kappa shape index (κ3) is 8.05. The number of nitrogens with zero attached hydrogens (tertiary/aromatic N) is 1. The molecule has 0 aliphatic carbocycles. The zero-order chi connectivity index (χ0) is 27.5. The van der Waals surface area contributed by atoms with Crippen molar-refractivity contribution in [2.24, 2.45) is 5.73 Å². The number of hydroxylamine groups is 1. The number of H-pyrrole nitrogens is 1. The Morgan fingerprint density at radius 1 is 1.00 bits per heavy atom. The lowest BCUT2D eigenvalue weighted by Gasteiger charge is -2.19. The molecule has 0 saturated carbocycles. The first-order valence-corrected chi connectivity index (χ1v) is 11.5. The summed E-state index contributed by atoms with van der Waals surface area (Å²) in [5.74, 6) is 9.40. The van der Waals surface area contributed by atoms with Crippen LogP contribution in [-0.2, 0) is 16.0 Å². The fourth-order valence-electron chi connectivity index (χ4n) is 3.20. The van der Waals surface area contributed by atoms with Gasteiger partial charge in [0.15, 0.2) is 0 Å². The van der Waals surface area contributed by atoms with E-state index in [9.17, 15) is 19.5 Å². The summed E-state index contributed by atoms with van der Waals surface area (Å²) in [6.45, 7) is 1.31. The van der Waals surface area contributed by atoms with Crippen LogP contribution >= 0.6 is 0 Å². The number of rotatable bonds is 8. The highest BCUT2D eigenvalue weighted by atomic mass is 16.5. The molecule has 1 heterocycles. The van der Waals surface area contributed by atoms with E-state index in [0.29, 0.717) is 28.9 Å². The fraction of sp³-hybridized carbons (Fsp3) is 0.185. The van der Waals surface area contributed by atoms with Crippen molar-refractivity contribution in [2.45, 2.75) is 31.5 Å². The molecule has 0 saturated heterocycles. The van der Waals surface area contributed by atoms with Gasteiger partial charge in [0.1, 0.15) is 6.04 Å². The van der Waals surface area contributed by atoms with Crippen molar-refractivity contribution in [1.29, 1.82) is 0 Å². The number of aromatic amines is 1. The molecule has 11 nitrogen and oxygen atoms in total. The fourth-order valence-corrected chi connectivity index (χ4v) is 3.20. The molecule has 0 aliphatic rings. The summed E-state index contributed by atoms with van der Waals surface area (Å²) < 4.78 is 0. The van der Waals surface area contributed by atoms with Gasteiger partial charge in [-0.25, -0.2) is 10.5 Å². The van der Waals surface area contributed by atoms with Crippen LogP contribution in [0.25, 0.3) is 0 Å². The van der Waals surface area contributed by atoms with Crippen molar-refractivity contribution in [3.63, 3.8) is 0 Å². The summed E-state index contributed by atoms with van der Waals surface area (Å²) in [4.78, 5) is 43.0. The molecule has 8 N–H and O–H groups in total.